The first-order valence-corrected chi connectivity index (χ1v) is 5.84. The van der Waals surface area contributed by atoms with E-state index in [2.05, 4.69) is 10.2 Å². The van der Waals surface area contributed by atoms with Gasteiger partial charge in [0, 0.05) is 22.6 Å². The standard InChI is InChI=1S/C11H12N2OS/c14-6-3-7-15-11-8-12-13-10-5-2-1-4-9(10)11/h1-2,4-5,8,14H,3,6-7H2. The fourth-order valence-corrected chi connectivity index (χ4v) is 2.29. The van der Waals surface area contributed by atoms with Crippen LogP contribution in [0.4, 0.5) is 0 Å². The lowest BCUT2D eigenvalue weighted by Gasteiger charge is -2.03. The summed E-state index contributed by atoms with van der Waals surface area (Å²) in [5.41, 5.74) is 0.923. The van der Waals surface area contributed by atoms with Crippen LogP contribution < -0.4 is 0 Å². The van der Waals surface area contributed by atoms with Crippen LogP contribution in [0, 0.1) is 0 Å². The molecule has 15 heavy (non-hydrogen) atoms. The van der Waals surface area contributed by atoms with Gasteiger partial charge in [-0.15, -0.1) is 11.8 Å². The first kappa shape index (κ1) is 10.4. The fraction of sp³-hybridized carbons (Fsp3) is 0.273. The van der Waals surface area contributed by atoms with Gasteiger partial charge < -0.3 is 5.11 Å². The van der Waals surface area contributed by atoms with Gasteiger partial charge in [0.2, 0.25) is 0 Å². The lowest BCUT2D eigenvalue weighted by atomic mass is 10.2. The van der Waals surface area contributed by atoms with E-state index < -0.39 is 0 Å². The summed E-state index contributed by atoms with van der Waals surface area (Å²) >= 11 is 1.71. The van der Waals surface area contributed by atoms with Crippen LogP contribution in [0.25, 0.3) is 10.9 Å². The Kier molecular flexibility index (Phi) is 3.53. The maximum absolute atomic E-state index is 8.72. The molecule has 0 radical (unpaired) electrons. The fourth-order valence-electron chi connectivity index (χ4n) is 1.34. The predicted octanol–water partition coefficient (Wildman–Crippen LogP) is 2.10. The van der Waals surface area contributed by atoms with E-state index in [-0.39, 0.29) is 6.61 Å². The number of hydrogen-bond donors (Lipinski definition) is 1. The molecule has 0 aliphatic heterocycles. The van der Waals surface area contributed by atoms with E-state index in [0.717, 1.165) is 28.0 Å². The van der Waals surface area contributed by atoms with Crippen LogP contribution in [-0.4, -0.2) is 27.7 Å². The summed E-state index contributed by atoms with van der Waals surface area (Å²) in [6.45, 7) is 0.240. The number of nitrogens with zero attached hydrogens (tertiary/aromatic N) is 2. The molecule has 0 saturated carbocycles. The van der Waals surface area contributed by atoms with Gasteiger partial charge in [0.15, 0.2) is 0 Å². The third-order valence-electron chi connectivity index (χ3n) is 2.07. The Labute approximate surface area is 92.5 Å². The molecule has 0 amide bonds. The summed E-state index contributed by atoms with van der Waals surface area (Å²) < 4.78 is 0. The Morgan fingerprint density at radius 1 is 1.27 bits per heavy atom. The van der Waals surface area contributed by atoms with Gasteiger partial charge in [0.1, 0.15) is 0 Å². The average molecular weight is 220 g/mol. The zero-order chi connectivity index (χ0) is 10.5. The number of aliphatic hydroxyl groups is 1. The van der Waals surface area contributed by atoms with Crippen molar-refractivity contribution in [3.05, 3.63) is 30.5 Å². The van der Waals surface area contributed by atoms with E-state index in [4.69, 9.17) is 5.11 Å². The summed E-state index contributed by atoms with van der Waals surface area (Å²) in [4.78, 5) is 1.13. The van der Waals surface area contributed by atoms with Gasteiger partial charge in [-0.2, -0.15) is 10.2 Å². The average Bonchev–Trinajstić information content (AvgIpc) is 2.30. The molecule has 1 aromatic carbocycles. The van der Waals surface area contributed by atoms with Crippen LogP contribution in [0.5, 0.6) is 0 Å². The summed E-state index contributed by atoms with van der Waals surface area (Å²) in [6.07, 6.45) is 2.59. The number of aliphatic hydroxyl groups excluding tert-OH is 1. The monoisotopic (exact) mass is 220 g/mol. The van der Waals surface area contributed by atoms with Gasteiger partial charge in [-0.05, 0) is 12.5 Å². The molecule has 0 saturated heterocycles. The summed E-state index contributed by atoms with van der Waals surface area (Å²) in [7, 11) is 0. The van der Waals surface area contributed by atoms with E-state index in [9.17, 15) is 0 Å². The quantitative estimate of drug-likeness (QED) is 0.633. The second kappa shape index (κ2) is 5.09. The summed E-state index contributed by atoms with van der Waals surface area (Å²) in [6, 6.07) is 7.96. The van der Waals surface area contributed by atoms with Gasteiger partial charge in [0.05, 0.1) is 11.7 Å². The highest BCUT2D eigenvalue weighted by atomic mass is 32.2. The minimum atomic E-state index is 0.240. The van der Waals surface area contributed by atoms with Crippen molar-refractivity contribution in [2.24, 2.45) is 0 Å². The molecular weight excluding hydrogens is 208 g/mol. The molecule has 0 aliphatic carbocycles. The van der Waals surface area contributed by atoms with Gasteiger partial charge in [-0.25, -0.2) is 0 Å². The molecule has 2 aromatic rings. The molecule has 1 aromatic heterocycles. The van der Waals surface area contributed by atoms with Gasteiger partial charge in [-0.1, -0.05) is 18.2 Å². The van der Waals surface area contributed by atoms with Crippen LogP contribution in [0.3, 0.4) is 0 Å². The molecule has 1 heterocycles. The molecular formula is C11H12N2OS. The maximum Gasteiger partial charge on any atom is 0.0940 e. The number of aromatic nitrogens is 2. The molecule has 0 aliphatic rings. The lowest BCUT2D eigenvalue weighted by Crippen LogP contribution is -1.89. The second-order valence-corrected chi connectivity index (χ2v) is 4.29. The third-order valence-corrected chi connectivity index (χ3v) is 3.20. The topological polar surface area (TPSA) is 46.0 Å². The van der Waals surface area contributed by atoms with Gasteiger partial charge >= 0.3 is 0 Å². The van der Waals surface area contributed by atoms with Crippen LogP contribution in [0.1, 0.15) is 6.42 Å². The van der Waals surface area contributed by atoms with Crippen LogP contribution in [-0.2, 0) is 0 Å². The zero-order valence-corrected chi connectivity index (χ0v) is 9.07. The molecule has 78 valence electrons. The number of rotatable bonds is 4. The normalized spacial score (nSPS) is 10.7. The van der Waals surface area contributed by atoms with Crippen molar-refractivity contribution in [2.75, 3.05) is 12.4 Å². The largest absolute Gasteiger partial charge is 0.396 e. The highest BCUT2D eigenvalue weighted by Gasteiger charge is 2.01. The van der Waals surface area contributed by atoms with Gasteiger partial charge in [0.25, 0.3) is 0 Å². The third kappa shape index (κ3) is 2.46. The Hall–Kier alpha value is -1.13. The molecule has 4 heteroatoms. The van der Waals surface area contributed by atoms with Crippen molar-refractivity contribution in [1.29, 1.82) is 0 Å². The predicted molar refractivity (Wildman–Crippen MR) is 62.0 cm³/mol. The summed E-state index contributed by atoms with van der Waals surface area (Å²) in [5.74, 6) is 0.909. The van der Waals surface area contributed by atoms with E-state index in [0.29, 0.717) is 0 Å². The molecule has 0 unspecified atom stereocenters. The number of fused-ring (bicyclic) bond motifs is 1. The van der Waals surface area contributed by atoms with Crippen molar-refractivity contribution in [3.8, 4) is 0 Å². The smallest absolute Gasteiger partial charge is 0.0940 e. The molecule has 0 bridgehead atoms. The first-order valence-electron chi connectivity index (χ1n) is 4.86. The SMILES string of the molecule is OCCCSc1cnnc2ccccc12. The van der Waals surface area contributed by atoms with E-state index in [1.807, 2.05) is 24.3 Å². The minimum absolute atomic E-state index is 0.240. The zero-order valence-electron chi connectivity index (χ0n) is 8.26. The number of benzene rings is 1. The van der Waals surface area contributed by atoms with Crippen molar-refractivity contribution in [2.45, 2.75) is 11.3 Å². The number of thioether (sulfide) groups is 1. The Morgan fingerprint density at radius 2 is 2.13 bits per heavy atom. The van der Waals surface area contributed by atoms with E-state index in [1.54, 1.807) is 18.0 Å². The molecule has 0 fully saturated rings. The summed E-state index contributed by atoms with van der Waals surface area (Å²) in [5, 5.41) is 17.9. The Balaban J connectivity index is 2.26. The van der Waals surface area contributed by atoms with Gasteiger partial charge in [-0.3, -0.25) is 0 Å². The minimum Gasteiger partial charge on any atom is -0.396 e. The maximum atomic E-state index is 8.72. The molecule has 3 nitrogen and oxygen atoms in total. The highest BCUT2D eigenvalue weighted by molar-refractivity contribution is 7.99. The lowest BCUT2D eigenvalue weighted by molar-refractivity contribution is 0.296. The molecule has 1 N–H and O–H groups in total. The molecule has 0 spiro atoms. The van der Waals surface area contributed by atoms with Crippen LogP contribution in [0.2, 0.25) is 0 Å². The van der Waals surface area contributed by atoms with Crippen LogP contribution in [0.15, 0.2) is 35.4 Å². The molecule has 0 atom stereocenters. The number of hydrogen-bond acceptors (Lipinski definition) is 4. The Bertz CT molecular complexity index is 442. The Morgan fingerprint density at radius 3 is 3.00 bits per heavy atom. The van der Waals surface area contributed by atoms with Crippen molar-refractivity contribution in [3.63, 3.8) is 0 Å². The van der Waals surface area contributed by atoms with E-state index in [1.165, 1.54) is 0 Å². The van der Waals surface area contributed by atoms with Crippen molar-refractivity contribution < 1.29 is 5.11 Å². The molecule has 2 rings (SSSR count). The van der Waals surface area contributed by atoms with Crippen LogP contribution >= 0.6 is 11.8 Å². The first-order chi connectivity index (χ1) is 7.42. The van der Waals surface area contributed by atoms with E-state index >= 15 is 0 Å². The van der Waals surface area contributed by atoms with Crippen molar-refractivity contribution >= 4 is 22.7 Å². The van der Waals surface area contributed by atoms with Crippen molar-refractivity contribution in [1.82, 2.24) is 10.2 Å². The highest BCUT2D eigenvalue weighted by Crippen LogP contribution is 2.25. The second-order valence-electron chi connectivity index (χ2n) is 3.15.